The number of amides is 1. The van der Waals surface area contributed by atoms with Gasteiger partial charge in [-0.15, -0.1) is 36.2 Å². The number of carbonyl (C=O) groups is 1. The van der Waals surface area contributed by atoms with Crippen LogP contribution in [0.3, 0.4) is 0 Å². The third-order valence-corrected chi connectivity index (χ3v) is 6.29. The number of nitrogens with zero attached hydrogens (tertiary/aromatic N) is 2. The molecule has 7 heteroatoms. The van der Waals surface area contributed by atoms with Crippen LogP contribution in [-0.2, 0) is 0 Å². The Morgan fingerprint density at radius 2 is 1.81 bits per heavy atom. The summed E-state index contributed by atoms with van der Waals surface area (Å²) in [4.78, 5) is 21.2. The molecule has 0 bridgehead atoms. The summed E-state index contributed by atoms with van der Waals surface area (Å²) in [6.45, 7) is 3.79. The second-order valence-corrected chi connectivity index (χ2v) is 7.89. The number of aromatic nitrogens is 1. The van der Waals surface area contributed by atoms with Crippen molar-refractivity contribution in [2.45, 2.75) is 0 Å². The van der Waals surface area contributed by atoms with Gasteiger partial charge in [0.2, 0.25) is 0 Å². The lowest BCUT2D eigenvalue weighted by atomic mass is 10.0. The molecule has 2 aliphatic rings. The van der Waals surface area contributed by atoms with E-state index in [1.165, 1.54) is 0 Å². The Morgan fingerprint density at radius 1 is 1.07 bits per heavy atom. The number of rotatable bonds is 2. The summed E-state index contributed by atoms with van der Waals surface area (Å²) >= 11 is 1.66. The number of fused-ring (bicyclic) bond motifs is 2. The first-order chi connectivity index (χ1) is 12.3. The van der Waals surface area contributed by atoms with Crippen molar-refractivity contribution in [3.05, 3.63) is 53.4 Å². The van der Waals surface area contributed by atoms with E-state index in [2.05, 4.69) is 11.4 Å². The molecule has 1 aromatic carbocycles. The van der Waals surface area contributed by atoms with Gasteiger partial charge in [-0.1, -0.05) is 24.3 Å². The fourth-order valence-electron chi connectivity index (χ4n) is 4.09. The molecular weight excluding hydrogens is 401 g/mol. The highest BCUT2D eigenvalue weighted by Crippen LogP contribution is 2.31. The topological polar surface area (TPSA) is 45.2 Å². The second-order valence-electron chi connectivity index (χ2n) is 6.94. The van der Waals surface area contributed by atoms with Crippen molar-refractivity contribution in [2.75, 3.05) is 26.2 Å². The third-order valence-electron chi connectivity index (χ3n) is 5.40. The molecule has 0 spiro atoms. The Morgan fingerprint density at radius 3 is 2.52 bits per heavy atom. The largest absolute Gasteiger partial charge is 0.338 e. The molecule has 2 fully saturated rings. The van der Waals surface area contributed by atoms with Crippen molar-refractivity contribution in [3.8, 4) is 10.6 Å². The predicted molar refractivity (Wildman–Crippen MR) is 115 cm³/mol. The molecule has 0 aliphatic carbocycles. The minimum absolute atomic E-state index is 0. The fourth-order valence-corrected chi connectivity index (χ4v) is 4.78. The second kappa shape index (κ2) is 8.15. The number of pyridine rings is 1. The quantitative estimate of drug-likeness (QED) is 0.677. The van der Waals surface area contributed by atoms with Gasteiger partial charge in [-0.25, -0.2) is 4.98 Å². The van der Waals surface area contributed by atoms with Crippen molar-refractivity contribution in [1.82, 2.24) is 15.2 Å². The minimum Gasteiger partial charge on any atom is -0.338 e. The first-order valence-electron chi connectivity index (χ1n) is 8.73. The summed E-state index contributed by atoms with van der Waals surface area (Å²) in [5.74, 6) is 1.36. The zero-order valence-electron chi connectivity index (χ0n) is 14.6. The lowest BCUT2D eigenvalue weighted by molar-refractivity contribution is 0.0783. The van der Waals surface area contributed by atoms with E-state index in [1.54, 1.807) is 11.3 Å². The van der Waals surface area contributed by atoms with Crippen LogP contribution >= 0.6 is 36.2 Å². The van der Waals surface area contributed by atoms with Crippen molar-refractivity contribution >= 4 is 53.0 Å². The van der Waals surface area contributed by atoms with E-state index in [9.17, 15) is 4.79 Å². The van der Waals surface area contributed by atoms with Gasteiger partial charge in [-0.3, -0.25) is 4.79 Å². The van der Waals surface area contributed by atoms with E-state index in [-0.39, 0.29) is 30.7 Å². The Labute approximate surface area is 174 Å². The Hall–Kier alpha value is -1.66. The van der Waals surface area contributed by atoms with Crippen LogP contribution < -0.4 is 5.32 Å². The van der Waals surface area contributed by atoms with Gasteiger partial charge >= 0.3 is 0 Å². The van der Waals surface area contributed by atoms with E-state index < -0.39 is 0 Å². The number of likely N-dealkylation sites (tertiary alicyclic amines) is 1. The molecule has 0 unspecified atom stereocenters. The first kappa shape index (κ1) is 20.1. The average Bonchev–Trinajstić information content (AvgIpc) is 3.36. The molecule has 0 saturated carbocycles. The van der Waals surface area contributed by atoms with Crippen LogP contribution in [0.25, 0.3) is 21.5 Å². The van der Waals surface area contributed by atoms with E-state index in [0.29, 0.717) is 11.8 Å². The SMILES string of the molecule is Cl.Cl.O=C(c1cc(-c2cccs2)nc2ccccc12)N1C[C@H]2CNC[C@H]2C1. The van der Waals surface area contributed by atoms with Crippen LogP contribution in [0.15, 0.2) is 47.8 Å². The smallest absolute Gasteiger partial charge is 0.254 e. The highest BCUT2D eigenvalue weighted by Gasteiger charge is 2.38. The Balaban J connectivity index is 0.00000105. The number of carbonyl (C=O) groups excluding carboxylic acids is 1. The number of hydrogen-bond acceptors (Lipinski definition) is 4. The molecule has 3 aromatic rings. The maximum atomic E-state index is 13.3. The van der Waals surface area contributed by atoms with Gasteiger partial charge in [-0.2, -0.15) is 0 Å². The number of nitrogens with one attached hydrogen (secondary N) is 1. The highest BCUT2D eigenvalue weighted by atomic mass is 35.5. The summed E-state index contributed by atoms with van der Waals surface area (Å²) in [6, 6.07) is 14.0. The van der Waals surface area contributed by atoms with E-state index in [0.717, 1.165) is 53.2 Å². The van der Waals surface area contributed by atoms with Crippen molar-refractivity contribution in [2.24, 2.45) is 11.8 Å². The Kier molecular flexibility index (Phi) is 6.06. The molecule has 5 rings (SSSR count). The van der Waals surface area contributed by atoms with Crippen LogP contribution in [0.5, 0.6) is 0 Å². The molecule has 4 nitrogen and oxygen atoms in total. The molecule has 27 heavy (non-hydrogen) atoms. The van der Waals surface area contributed by atoms with Gasteiger partial charge < -0.3 is 10.2 Å². The van der Waals surface area contributed by atoms with Crippen LogP contribution in [0.2, 0.25) is 0 Å². The number of thiophene rings is 1. The zero-order valence-corrected chi connectivity index (χ0v) is 17.1. The standard InChI is InChI=1S/C20H19N3OS.2ClH/c24-20(23-11-13-9-21-10-14(13)12-23)16-8-18(19-6-3-7-25-19)22-17-5-2-1-4-15(16)17;;/h1-8,13-14,21H,9-12H2;2*1H/t13-,14+;;. The summed E-state index contributed by atoms with van der Waals surface area (Å²) in [5, 5.41) is 6.43. The van der Waals surface area contributed by atoms with Crippen LogP contribution in [0, 0.1) is 11.8 Å². The molecule has 1 amide bonds. The molecule has 2 aliphatic heterocycles. The van der Waals surface area contributed by atoms with Gasteiger partial charge in [0.25, 0.3) is 5.91 Å². The van der Waals surface area contributed by atoms with Gasteiger partial charge in [0.1, 0.15) is 0 Å². The number of para-hydroxylation sites is 1. The molecular formula is C20H21Cl2N3OS. The van der Waals surface area contributed by atoms with Gasteiger partial charge in [0.05, 0.1) is 21.7 Å². The highest BCUT2D eigenvalue weighted by molar-refractivity contribution is 7.13. The van der Waals surface area contributed by atoms with Crippen molar-refractivity contribution < 1.29 is 4.79 Å². The zero-order chi connectivity index (χ0) is 16.8. The molecule has 1 N–H and O–H groups in total. The molecule has 2 aromatic heterocycles. The molecule has 2 atom stereocenters. The molecule has 0 radical (unpaired) electrons. The van der Waals surface area contributed by atoms with E-state index >= 15 is 0 Å². The van der Waals surface area contributed by atoms with Crippen molar-refractivity contribution in [1.29, 1.82) is 0 Å². The molecule has 4 heterocycles. The minimum atomic E-state index is 0. The normalized spacial score (nSPS) is 20.8. The Bertz CT molecular complexity index is 936. The predicted octanol–water partition coefficient (Wildman–Crippen LogP) is 4.10. The number of halogens is 2. The monoisotopic (exact) mass is 421 g/mol. The average molecular weight is 422 g/mol. The van der Waals surface area contributed by atoms with Crippen LogP contribution in [0.1, 0.15) is 10.4 Å². The lowest BCUT2D eigenvalue weighted by Crippen LogP contribution is -2.32. The maximum Gasteiger partial charge on any atom is 0.254 e. The molecule has 142 valence electrons. The maximum absolute atomic E-state index is 13.3. The van der Waals surface area contributed by atoms with Crippen LogP contribution in [-0.4, -0.2) is 42.0 Å². The lowest BCUT2D eigenvalue weighted by Gasteiger charge is -2.19. The summed E-state index contributed by atoms with van der Waals surface area (Å²) in [5.41, 5.74) is 2.55. The summed E-state index contributed by atoms with van der Waals surface area (Å²) in [7, 11) is 0. The van der Waals surface area contributed by atoms with E-state index in [1.807, 2.05) is 46.7 Å². The van der Waals surface area contributed by atoms with Gasteiger partial charge in [0, 0.05) is 31.6 Å². The van der Waals surface area contributed by atoms with E-state index in [4.69, 9.17) is 4.98 Å². The van der Waals surface area contributed by atoms with Crippen molar-refractivity contribution in [3.63, 3.8) is 0 Å². The fraction of sp³-hybridized carbons (Fsp3) is 0.300. The summed E-state index contributed by atoms with van der Waals surface area (Å²) < 4.78 is 0. The number of hydrogen-bond donors (Lipinski definition) is 1. The number of benzene rings is 1. The summed E-state index contributed by atoms with van der Waals surface area (Å²) in [6.07, 6.45) is 0. The van der Waals surface area contributed by atoms with Gasteiger partial charge in [-0.05, 0) is 35.4 Å². The third kappa shape index (κ3) is 3.57. The van der Waals surface area contributed by atoms with Gasteiger partial charge in [0.15, 0.2) is 0 Å². The van der Waals surface area contributed by atoms with Crippen LogP contribution in [0.4, 0.5) is 0 Å². The molecule has 2 saturated heterocycles. The first-order valence-corrected chi connectivity index (χ1v) is 9.61.